The number of carbonyl (C=O) groups excluding carboxylic acids is 1. The maximum absolute atomic E-state index is 12.3. The summed E-state index contributed by atoms with van der Waals surface area (Å²) in [5.41, 5.74) is 3.57. The molecule has 0 saturated heterocycles. The molecule has 1 aliphatic carbocycles. The normalized spacial score (nSPS) is 16.5. The van der Waals surface area contributed by atoms with E-state index in [2.05, 4.69) is 34.5 Å². The third-order valence-electron chi connectivity index (χ3n) is 4.64. The van der Waals surface area contributed by atoms with Crippen LogP contribution in [0.5, 0.6) is 5.75 Å². The van der Waals surface area contributed by atoms with E-state index in [1.807, 2.05) is 31.3 Å². The van der Waals surface area contributed by atoms with Gasteiger partial charge in [-0.3, -0.25) is 9.69 Å². The molecule has 4 heteroatoms. The van der Waals surface area contributed by atoms with Gasteiger partial charge in [-0.1, -0.05) is 24.3 Å². The molecule has 1 amide bonds. The highest BCUT2D eigenvalue weighted by atomic mass is 16.5. The molecular formula is C20H24N2O2. The van der Waals surface area contributed by atoms with E-state index in [1.165, 1.54) is 17.5 Å². The van der Waals surface area contributed by atoms with Crippen molar-refractivity contribution in [1.29, 1.82) is 0 Å². The van der Waals surface area contributed by atoms with Gasteiger partial charge in [0.2, 0.25) is 5.91 Å². The summed E-state index contributed by atoms with van der Waals surface area (Å²) in [5, 5.41) is 2.95. The van der Waals surface area contributed by atoms with Crippen molar-refractivity contribution in [2.75, 3.05) is 26.0 Å². The molecule has 126 valence electrons. The predicted molar refractivity (Wildman–Crippen MR) is 96.4 cm³/mol. The lowest BCUT2D eigenvalue weighted by Crippen LogP contribution is -2.34. The first-order chi connectivity index (χ1) is 11.7. The molecule has 1 unspecified atom stereocenters. The van der Waals surface area contributed by atoms with Crippen LogP contribution in [0, 0.1) is 0 Å². The number of rotatable bonds is 5. The van der Waals surface area contributed by atoms with Gasteiger partial charge in [0.05, 0.1) is 13.7 Å². The van der Waals surface area contributed by atoms with Crippen LogP contribution in [-0.4, -0.2) is 31.5 Å². The number of ether oxygens (including phenoxy) is 1. The summed E-state index contributed by atoms with van der Waals surface area (Å²) in [6, 6.07) is 16.3. The van der Waals surface area contributed by atoms with E-state index in [0.717, 1.165) is 24.3 Å². The topological polar surface area (TPSA) is 41.6 Å². The smallest absolute Gasteiger partial charge is 0.238 e. The number of fused-ring (bicyclic) bond motifs is 1. The second-order valence-corrected chi connectivity index (χ2v) is 6.30. The van der Waals surface area contributed by atoms with Crippen LogP contribution in [0.15, 0.2) is 48.5 Å². The molecule has 0 saturated carbocycles. The number of nitrogens with one attached hydrogen (secondary N) is 1. The molecule has 0 heterocycles. The number of amides is 1. The fraction of sp³-hybridized carbons (Fsp3) is 0.350. The minimum Gasteiger partial charge on any atom is -0.497 e. The van der Waals surface area contributed by atoms with Gasteiger partial charge in [-0.05, 0) is 61.7 Å². The number of hydrogen-bond acceptors (Lipinski definition) is 3. The maximum atomic E-state index is 12.3. The number of carbonyl (C=O) groups is 1. The molecule has 0 radical (unpaired) electrons. The molecule has 1 atom stereocenters. The Morgan fingerprint density at radius 3 is 2.71 bits per heavy atom. The predicted octanol–water partition coefficient (Wildman–Crippen LogP) is 3.64. The highest BCUT2D eigenvalue weighted by Gasteiger charge is 2.24. The van der Waals surface area contributed by atoms with Crippen LogP contribution in [-0.2, 0) is 11.2 Å². The van der Waals surface area contributed by atoms with Crippen molar-refractivity contribution in [3.63, 3.8) is 0 Å². The number of likely N-dealkylation sites (N-methyl/N-ethyl adjacent to an activating group) is 1. The van der Waals surface area contributed by atoms with Crippen molar-refractivity contribution < 1.29 is 9.53 Å². The standard InChI is InChI=1S/C20H24N2O2/c1-22(19-9-5-7-15-6-3-4-8-18(15)19)14-20(23)21-16-10-12-17(24-2)13-11-16/h3-4,6,8,10-13,19H,5,7,9,14H2,1-2H3,(H,21,23). The van der Waals surface area contributed by atoms with Crippen LogP contribution >= 0.6 is 0 Å². The van der Waals surface area contributed by atoms with E-state index in [1.54, 1.807) is 7.11 Å². The van der Waals surface area contributed by atoms with Crippen LogP contribution in [0.25, 0.3) is 0 Å². The van der Waals surface area contributed by atoms with Crippen LogP contribution in [0.1, 0.15) is 30.0 Å². The fourth-order valence-corrected chi connectivity index (χ4v) is 3.40. The van der Waals surface area contributed by atoms with E-state index >= 15 is 0 Å². The van der Waals surface area contributed by atoms with E-state index in [0.29, 0.717) is 12.6 Å². The van der Waals surface area contributed by atoms with Crippen molar-refractivity contribution in [3.8, 4) is 5.75 Å². The summed E-state index contributed by atoms with van der Waals surface area (Å²) >= 11 is 0. The average Bonchev–Trinajstić information content (AvgIpc) is 2.61. The lowest BCUT2D eigenvalue weighted by molar-refractivity contribution is -0.117. The van der Waals surface area contributed by atoms with Gasteiger partial charge in [-0.15, -0.1) is 0 Å². The molecule has 0 fully saturated rings. The second kappa shape index (κ2) is 7.49. The van der Waals surface area contributed by atoms with Crippen molar-refractivity contribution in [2.45, 2.75) is 25.3 Å². The monoisotopic (exact) mass is 324 g/mol. The van der Waals surface area contributed by atoms with Gasteiger partial charge in [-0.2, -0.15) is 0 Å². The zero-order valence-corrected chi connectivity index (χ0v) is 14.3. The Balaban J connectivity index is 1.62. The van der Waals surface area contributed by atoms with Gasteiger partial charge < -0.3 is 10.1 Å². The fourth-order valence-electron chi connectivity index (χ4n) is 3.40. The Labute approximate surface area is 143 Å². The van der Waals surface area contributed by atoms with Gasteiger partial charge in [0, 0.05) is 11.7 Å². The highest BCUT2D eigenvalue weighted by molar-refractivity contribution is 5.92. The lowest BCUT2D eigenvalue weighted by Gasteiger charge is -2.32. The van der Waals surface area contributed by atoms with E-state index < -0.39 is 0 Å². The van der Waals surface area contributed by atoms with Gasteiger partial charge in [-0.25, -0.2) is 0 Å². The molecule has 2 aromatic carbocycles. The minimum absolute atomic E-state index is 0.00530. The minimum atomic E-state index is 0.00530. The van der Waals surface area contributed by atoms with Crippen molar-refractivity contribution >= 4 is 11.6 Å². The number of aryl methyl sites for hydroxylation is 1. The van der Waals surface area contributed by atoms with Gasteiger partial charge in [0.25, 0.3) is 0 Å². The first-order valence-electron chi connectivity index (χ1n) is 8.39. The number of hydrogen-bond donors (Lipinski definition) is 1. The Kier molecular flexibility index (Phi) is 5.16. The Morgan fingerprint density at radius 1 is 1.21 bits per heavy atom. The van der Waals surface area contributed by atoms with Crippen LogP contribution in [0.3, 0.4) is 0 Å². The molecule has 2 aromatic rings. The first-order valence-corrected chi connectivity index (χ1v) is 8.39. The summed E-state index contributed by atoms with van der Waals surface area (Å²) < 4.78 is 5.13. The number of nitrogens with zero attached hydrogens (tertiary/aromatic N) is 1. The van der Waals surface area contributed by atoms with E-state index in [4.69, 9.17) is 4.74 Å². The van der Waals surface area contributed by atoms with Gasteiger partial charge in [0.15, 0.2) is 0 Å². The SMILES string of the molecule is COc1ccc(NC(=O)CN(C)C2CCCc3ccccc32)cc1. The van der Waals surface area contributed by atoms with Crippen molar-refractivity contribution in [2.24, 2.45) is 0 Å². The molecule has 0 spiro atoms. The summed E-state index contributed by atoms with van der Waals surface area (Å²) in [6.45, 7) is 0.380. The molecule has 0 bridgehead atoms. The lowest BCUT2D eigenvalue weighted by atomic mass is 9.87. The summed E-state index contributed by atoms with van der Waals surface area (Å²) in [4.78, 5) is 14.5. The van der Waals surface area contributed by atoms with E-state index in [9.17, 15) is 4.79 Å². The van der Waals surface area contributed by atoms with Gasteiger partial charge >= 0.3 is 0 Å². The summed E-state index contributed by atoms with van der Waals surface area (Å²) in [6.07, 6.45) is 3.41. The second-order valence-electron chi connectivity index (χ2n) is 6.30. The third kappa shape index (κ3) is 3.77. The van der Waals surface area contributed by atoms with Crippen LogP contribution < -0.4 is 10.1 Å². The van der Waals surface area contributed by atoms with Crippen LogP contribution in [0.2, 0.25) is 0 Å². The van der Waals surface area contributed by atoms with Crippen LogP contribution in [0.4, 0.5) is 5.69 Å². The molecule has 0 aliphatic heterocycles. The van der Waals surface area contributed by atoms with Crippen molar-refractivity contribution in [3.05, 3.63) is 59.7 Å². The third-order valence-corrected chi connectivity index (χ3v) is 4.64. The first kappa shape index (κ1) is 16.5. The number of anilines is 1. The highest BCUT2D eigenvalue weighted by Crippen LogP contribution is 2.33. The van der Waals surface area contributed by atoms with Gasteiger partial charge in [0.1, 0.15) is 5.75 Å². The summed E-state index contributed by atoms with van der Waals surface area (Å²) in [7, 11) is 3.66. The molecular weight excluding hydrogens is 300 g/mol. The number of methoxy groups -OCH3 is 1. The quantitative estimate of drug-likeness (QED) is 0.913. The zero-order valence-electron chi connectivity index (χ0n) is 14.3. The molecule has 24 heavy (non-hydrogen) atoms. The Bertz CT molecular complexity index is 697. The average molecular weight is 324 g/mol. The maximum Gasteiger partial charge on any atom is 0.238 e. The number of benzene rings is 2. The molecule has 3 rings (SSSR count). The molecule has 1 aliphatic rings. The molecule has 4 nitrogen and oxygen atoms in total. The van der Waals surface area contributed by atoms with E-state index in [-0.39, 0.29) is 5.91 Å². The molecule has 0 aromatic heterocycles. The Morgan fingerprint density at radius 2 is 1.96 bits per heavy atom. The Hall–Kier alpha value is -2.33. The largest absolute Gasteiger partial charge is 0.497 e. The zero-order chi connectivity index (χ0) is 16.9. The summed E-state index contributed by atoms with van der Waals surface area (Å²) in [5.74, 6) is 0.787. The molecule has 1 N–H and O–H groups in total. The van der Waals surface area contributed by atoms with Crippen molar-refractivity contribution in [1.82, 2.24) is 4.90 Å².